The number of hydrogen-bond acceptors (Lipinski definition) is 5. The van der Waals surface area contributed by atoms with Crippen molar-refractivity contribution < 1.29 is 9.72 Å². The number of nitriles is 1. The van der Waals surface area contributed by atoms with Gasteiger partial charge < -0.3 is 15.1 Å². The van der Waals surface area contributed by atoms with Crippen molar-refractivity contribution in [2.75, 3.05) is 31.1 Å². The number of amides is 2. The van der Waals surface area contributed by atoms with E-state index in [0.29, 0.717) is 30.9 Å². The van der Waals surface area contributed by atoms with E-state index in [1.165, 1.54) is 6.07 Å². The van der Waals surface area contributed by atoms with Crippen LogP contribution in [0.1, 0.15) is 24.0 Å². The van der Waals surface area contributed by atoms with Crippen molar-refractivity contribution in [3.8, 4) is 6.07 Å². The number of nitro benzene ring substituents is 1. The minimum atomic E-state index is -0.449. The number of benzene rings is 1. The fraction of sp³-hybridized carbons (Fsp3) is 0.500. The molecule has 24 heavy (non-hydrogen) atoms. The number of anilines is 1. The molecule has 2 amide bonds. The van der Waals surface area contributed by atoms with Gasteiger partial charge in [-0.2, -0.15) is 5.26 Å². The number of nitro groups is 1. The largest absolute Gasteiger partial charge is 0.369 e. The fourth-order valence-corrected chi connectivity index (χ4v) is 3.53. The number of carbonyl (C=O) groups excluding carboxylic acids is 1. The van der Waals surface area contributed by atoms with E-state index in [0.717, 1.165) is 19.4 Å². The highest BCUT2D eigenvalue weighted by Crippen LogP contribution is 2.32. The van der Waals surface area contributed by atoms with Crippen molar-refractivity contribution in [2.45, 2.75) is 25.8 Å². The van der Waals surface area contributed by atoms with Gasteiger partial charge in [0.1, 0.15) is 0 Å². The zero-order valence-corrected chi connectivity index (χ0v) is 13.5. The average molecular weight is 329 g/mol. The van der Waals surface area contributed by atoms with Gasteiger partial charge in [0.15, 0.2) is 0 Å². The van der Waals surface area contributed by atoms with Crippen LogP contribution in [0.5, 0.6) is 0 Å². The Bertz CT molecular complexity index is 727. The molecule has 0 bridgehead atoms. The van der Waals surface area contributed by atoms with Crippen LogP contribution in [0, 0.1) is 28.4 Å². The Morgan fingerprint density at radius 2 is 2.21 bits per heavy atom. The minimum absolute atomic E-state index is 0.0370. The zero-order valence-electron chi connectivity index (χ0n) is 13.5. The van der Waals surface area contributed by atoms with Crippen LogP contribution in [0.25, 0.3) is 0 Å². The number of piperidine rings is 1. The molecule has 0 aromatic heterocycles. The highest BCUT2D eigenvalue weighted by Gasteiger charge is 2.32. The van der Waals surface area contributed by atoms with Gasteiger partial charge in [-0.25, -0.2) is 4.79 Å². The normalized spacial score (nSPS) is 20.7. The lowest BCUT2D eigenvalue weighted by Gasteiger charge is -2.38. The van der Waals surface area contributed by atoms with Crippen LogP contribution in [-0.4, -0.2) is 48.1 Å². The highest BCUT2D eigenvalue weighted by molar-refractivity contribution is 5.76. The van der Waals surface area contributed by atoms with Gasteiger partial charge in [-0.05, 0) is 25.8 Å². The lowest BCUT2D eigenvalue weighted by molar-refractivity contribution is -0.385. The van der Waals surface area contributed by atoms with Crippen molar-refractivity contribution in [1.29, 1.82) is 5.26 Å². The van der Waals surface area contributed by atoms with E-state index in [9.17, 15) is 14.9 Å². The molecule has 0 aliphatic carbocycles. The molecule has 2 saturated heterocycles. The lowest BCUT2D eigenvalue weighted by atomic mass is 10.0. The van der Waals surface area contributed by atoms with Crippen LogP contribution >= 0.6 is 0 Å². The molecule has 0 saturated carbocycles. The maximum absolute atomic E-state index is 11.9. The SMILES string of the molecule is Cc1c(N2CCC[C@@H](N3CCNC3=O)C2)cc(C#N)cc1[N+](=O)[O-]. The van der Waals surface area contributed by atoms with Gasteiger partial charge in [-0.15, -0.1) is 0 Å². The van der Waals surface area contributed by atoms with Crippen molar-refractivity contribution in [2.24, 2.45) is 0 Å². The van der Waals surface area contributed by atoms with Gasteiger partial charge in [0.25, 0.3) is 5.69 Å². The quantitative estimate of drug-likeness (QED) is 0.672. The summed E-state index contributed by atoms with van der Waals surface area (Å²) in [7, 11) is 0. The number of nitrogens with one attached hydrogen (secondary N) is 1. The molecule has 1 aromatic rings. The van der Waals surface area contributed by atoms with Crippen molar-refractivity contribution in [3.05, 3.63) is 33.4 Å². The molecule has 0 spiro atoms. The molecule has 126 valence electrons. The average Bonchev–Trinajstić information content (AvgIpc) is 3.01. The third kappa shape index (κ3) is 2.85. The van der Waals surface area contributed by atoms with Gasteiger partial charge in [0, 0.05) is 37.9 Å². The lowest BCUT2D eigenvalue weighted by Crippen LogP contribution is -2.49. The molecule has 2 fully saturated rings. The first-order valence-corrected chi connectivity index (χ1v) is 8.00. The third-order valence-electron chi connectivity index (χ3n) is 4.75. The van der Waals surface area contributed by atoms with E-state index in [4.69, 9.17) is 5.26 Å². The van der Waals surface area contributed by atoms with Gasteiger partial charge in [-0.1, -0.05) is 0 Å². The van der Waals surface area contributed by atoms with Crippen LogP contribution in [0.15, 0.2) is 12.1 Å². The summed E-state index contributed by atoms with van der Waals surface area (Å²) in [4.78, 5) is 26.6. The van der Waals surface area contributed by atoms with Crippen LogP contribution in [0.4, 0.5) is 16.2 Å². The smallest absolute Gasteiger partial charge is 0.317 e. The first kappa shape index (κ1) is 16.1. The van der Waals surface area contributed by atoms with E-state index in [1.54, 1.807) is 13.0 Å². The molecule has 0 unspecified atom stereocenters. The summed E-state index contributed by atoms with van der Waals surface area (Å²) in [6.07, 6.45) is 1.82. The van der Waals surface area contributed by atoms with Crippen LogP contribution in [0.2, 0.25) is 0 Å². The first-order valence-electron chi connectivity index (χ1n) is 8.00. The van der Waals surface area contributed by atoms with Crippen molar-refractivity contribution >= 4 is 17.4 Å². The fourth-order valence-electron chi connectivity index (χ4n) is 3.53. The van der Waals surface area contributed by atoms with Gasteiger partial charge in [0.2, 0.25) is 0 Å². The number of urea groups is 1. The predicted octanol–water partition coefficient (Wildman–Crippen LogP) is 1.77. The summed E-state index contributed by atoms with van der Waals surface area (Å²) in [5.41, 5.74) is 1.52. The van der Waals surface area contributed by atoms with Crippen LogP contribution < -0.4 is 10.2 Å². The number of hydrogen-bond donors (Lipinski definition) is 1. The molecule has 8 heteroatoms. The Morgan fingerprint density at radius 3 is 2.83 bits per heavy atom. The Balaban J connectivity index is 1.90. The summed E-state index contributed by atoms with van der Waals surface area (Å²) in [6.45, 7) is 4.44. The Morgan fingerprint density at radius 1 is 1.42 bits per heavy atom. The maximum atomic E-state index is 11.9. The molecule has 1 atom stereocenters. The standard InChI is InChI=1S/C16H19N5O3/c1-11-14(7-12(9-17)8-15(11)21(23)24)19-5-2-3-13(10-19)20-6-4-18-16(20)22/h7-8,13H,2-6,10H2,1H3,(H,18,22)/t13-/m1/s1. The van der Waals surface area contributed by atoms with E-state index >= 15 is 0 Å². The van der Waals surface area contributed by atoms with Gasteiger partial charge in [-0.3, -0.25) is 10.1 Å². The first-order chi connectivity index (χ1) is 11.5. The van der Waals surface area contributed by atoms with Gasteiger partial charge in [0.05, 0.1) is 28.2 Å². The summed E-state index contributed by atoms with van der Waals surface area (Å²) >= 11 is 0. The number of rotatable bonds is 3. The van der Waals surface area contributed by atoms with Crippen molar-refractivity contribution in [1.82, 2.24) is 10.2 Å². The Labute approximate surface area is 139 Å². The second-order valence-corrected chi connectivity index (χ2v) is 6.18. The summed E-state index contributed by atoms with van der Waals surface area (Å²) in [6, 6.07) is 5.06. The monoisotopic (exact) mass is 329 g/mol. The molecule has 2 aliphatic rings. The Hall–Kier alpha value is -2.82. The highest BCUT2D eigenvalue weighted by atomic mass is 16.6. The molecule has 1 N–H and O–H groups in total. The molecule has 2 aliphatic heterocycles. The summed E-state index contributed by atoms with van der Waals surface area (Å²) in [5.74, 6) is 0. The number of nitrogens with zero attached hydrogens (tertiary/aromatic N) is 4. The van der Waals surface area contributed by atoms with Gasteiger partial charge >= 0.3 is 6.03 Å². The molecule has 8 nitrogen and oxygen atoms in total. The van der Waals surface area contributed by atoms with Crippen LogP contribution in [-0.2, 0) is 0 Å². The molecular formula is C16H19N5O3. The molecule has 1 aromatic carbocycles. The number of carbonyl (C=O) groups is 1. The van der Waals surface area contributed by atoms with E-state index in [-0.39, 0.29) is 23.3 Å². The maximum Gasteiger partial charge on any atom is 0.317 e. The molecular weight excluding hydrogens is 310 g/mol. The van der Waals surface area contributed by atoms with Crippen molar-refractivity contribution in [3.63, 3.8) is 0 Å². The van der Waals surface area contributed by atoms with E-state index in [1.807, 2.05) is 11.0 Å². The second-order valence-electron chi connectivity index (χ2n) is 6.18. The summed E-state index contributed by atoms with van der Waals surface area (Å²) < 4.78 is 0. The minimum Gasteiger partial charge on any atom is -0.369 e. The molecule has 0 radical (unpaired) electrons. The predicted molar refractivity (Wildman–Crippen MR) is 87.9 cm³/mol. The van der Waals surface area contributed by atoms with E-state index < -0.39 is 4.92 Å². The topological polar surface area (TPSA) is 103 Å². The summed E-state index contributed by atoms with van der Waals surface area (Å²) in [5, 5.41) is 23.2. The van der Waals surface area contributed by atoms with Crippen LogP contribution in [0.3, 0.4) is 0 Å². The Kier molecular flexibility index (Phi) is 4.25. The molecule has 3 rings (SSSR count). The zero-order chi connectivity index (χ0) is 17.3. The third-order valence-corrected chi connectivity index (χ3v) is 4.75. The molecule has 2 heterocycles. The second kappa shape index (κ2) is 6.35. The van der Waals surface area contributed by atoms with E-state index in [2.05, 4.69) is 10.2 Å².